The second-order valence-electron chi connectivity index (χ2n) is 5.08. The van der Waals surface area contributed by atoms with E-state index in [0.717, 1.165) is 18.6 Å². The van der Waals surface area contributed by atoms with Crippen molar-refractivity contribution in [2.24, 2.45) is 0 Å². The second-order valence-corrected chi connectivity index (χ2v) is 5.78. The zero-order chi connectivity index (χ0) is 14.2. The van der Waals surface area contributed by atoms with Gasteiger partial charge in [-0.2, -0.15) is 0 Å². The van der Waals surface area contributed by atoms with Crippen LogP contribution < -0.4 is 9.61 Å². The van der Waals surface area contributed by atoms with Gasteiger partial charge in [-0.15, -0.1) is 0 Å². The number of carbonyl (C=O) groups excluding carboxylic acids is 1. The fraction of sp³-hybridized carbons (Fsp3) is 0.533. The highest BCUT2D eigenvalue weighted by molar-refractivity contribution is 7.30. The average Bonchev–Trinajstić information content (AvgIpc) is 2.49. The summed E-state index contributed by atoms with van der Waals surface area (Å²) < 4.78 is 11.0. The van der Waals surface area contributed by atoms with E-state index in [-0.39, 0.29) is 27.1 Å². The Bertz CT molecular complexity index is 407. The maximum Gasteiger partial charge on any atom is 0.323 e. The first-order chi connectivity index (χ1) is 9.75. The van der Waals surface area contributed by atoms with Crippen LogP contribution in [0.4, 0.5) is 0 Å². The molecule has 0 radical (unpaired) electrons. The molecule has 2 rings (SSSR count). The maximum atomic E-state index is 11.9. The third-order valence-electron chi connectivity index (χ3n) is 3.38. The molecule has 2 atom stereocenters. The van der Waals surface area contributed by atoms with E-state index in [1.54, 1.807) is 0 Å². The minimum atomic E-state index is -0.334. The van der Waals surface area contributed by atoms with Gasteiger partial charge in [-0.1, -0.05) is 24.6 Å². The molecule has 1 N–H and O–H groups in total. The van der Waals surface area contributed by atoms with E-state index in [1.807, 2.05) is 37.3 Å². The summed E-state index contributed by atoms with van der Waals surface area (Å²) in [6.07, 6.45) is 5.70. The molecule has 5 heteroatoms. The van der Waals surface area contributed by atoms with Crippen LogP contribution >= 0.6 is 8.96 Å². The molecule has 20 heavy (non-hydrogen) atoms. The number of carbonyl (C=O) groups is 1. The molecule has 1 aromatic carbocycles. The summed E-state index contributed by atoms with van der Waals surface area (Å²) in [5, 5.41) is 3.05. The van der Waals surface area contributed by atoms with E-state index in [0.29, 0.717) is 0 Å². The third-order valence-corrected chi connectivity index (χ3v) is 4.26. The lowest BCUT2D eigenvalue weighted by molar-refractivity contribution is -0.152. The normalized spacial score (nSPS) is 18.1. The predicted molar refractivity (Wildman–Crippen MR) is 80.9 cm³/mol. The smallest absolute Gasteiger partial charge is 0.323 e. The molecule has 0 saturated heterocycles. The van der Waals surface area contributed by atoms with Crippen molar-refractivity contribution in [3.8, 4) is 5.75 Å². The van der Waals surface area contributed by atoms with E-state index in [9.17, 15) is 4.79 Å². The molecule has 0 amide bonds. The van der Waals surface area contributed by atoms with Gasteiger partial charge in [0.25, 0.3) is 0 Å². The zero-order valence-electron chi connectivity index (χ0n) is 11.8. The zero-order valence-corrected chi connectivity index (χ0v) is 12.8. The fourth-order valence-electron chi connectivity index (χ4n) is 2.17. The predicted octanol–water partition coefficient (Wildman–Crippen LogP) is 3.43. The van der Waals surface area contributed by atoms with Gasteiger partial charge in [0.15, 0.2) is 0 Å². The maximum absolute atomic E-state index is 11.9. The lowest BCUT2D eigenvalue weighted by Crippen LogP contribution is -2.34. The second kappa shape index (κ2) is 8.23. The van der Waals surface area contributed by atoms with Gasteiger partial charge in [0.2, 0.25) is 0 Å². The Morgan fingerprint density at radius 3 is 2.65 bits per heavy atom. The van der Waals surface area contributed by atoms with Crippen molar-refractivity contribution in [1.29, 1.82) is 0 Å². The summed E-state index contributed by atoms with van der Waals surface area (Å²) in [6, 6.07) is 9.22. The monoisotopic (exact) mass is 295 g/mol. The molecule has 0 spiro atoms. The first-order valence-corrected chi connectivity index (χ1v) is 8.09. The van der Waals surface area contributed by atoms with E-state index in [2.05, 4.69) is 5.09 Å². The molecule has 2 unspecified atom stereocenters. The Morgan fingerprint density at radius 1 is 1.25 bits per heavy atom. The Morgan fingerprint density at radius 2 is 1.95 bits per heavy atom. The Kier molecular flexibility index (Phi) is 6.28. The van der Waals surface area contributed by atoms with Gasteiger partial charge in [0, 0.05) is 0 Å². The quantitative estimate of drug-likeness (QED) is 0.645. The minimum absolute atomic E-state index is 0.0441. The van der Waals surface area contributed by atoms with Crippen molar-refractivity contribution < 1.29 is 14.1 Å². The van der Waals surface area contributed by atoms with Crippen LogP contribution in [0.5, 0.6) is 5.75 Å². The number of hydrogen-bond donors (Lipinski definition) is 1. The van der Waals surface area contributed by atoms with Crippen LogP contribution in [-0.2, 0) is 9.53 Å². The highest BCUT2D eigenvalue weighted by Gasteiger charge is 2.21. The summed E-state index contributed by atoms with van der Waals surface area (Å²) in [6.45, 7) is 1.81. The third kappa shape index (κ3) is 5.10. The highest BCUT2D eigenvalue weighted by Crippen LogP contribution is 2.21. The first kappa shape index (κ1) is 15.3. The summed E-state index contributed by atoms with van der Waals surface area (Å²) in [5.41, 5.74) is 0. The van der Waals surface area contributed by atoms with Gasteiger partial charge in [-0.3, -0.25) is 9.88 Å². The molecular formula is C15H22NO3P. The summed E-state index contributed by atoms with van der Waals surface area (Å²) in [7, 11) is 0.0441. The number of nitrogens with one attached hydrogen (secondary N) is 1. The van der Waals surface area contributed by atoms with Gasteiger partial charge in [-0.05, 0) is 44.7 Å². The van der Waals surface area contributed by atoms with Gasteiger partial charge in [0.1, 0.15) is 26.9 Å². The highest BCUT2D eigenvalue weighted by atomic mass is 31.1. The molecule has 0 heterocycles. The summed E-state index contributed by atoms with van der Waals surface area (Å²) in [5.74, 6) is 0.618. The van der Waals surface area contributed by atoms with Crippen LogP contribution in [0.2, 0.25) is 0 Å². The van der Waals surface area contributed by atoms with Crippen molar-refractivity contribution >= 4 is 14.9 Å². The molecule has 1 aromatic rings. The molecule has 1 aliphatic carbocycles. The van der Waals surface area contributed by atoms with Gasteiger partial charge in [0.05, 0.1) is 0 Å². The number of esters is 1. The molecule has 4 nitrogen and oxygen atoms in total. The fourth-order valence-corrected chi connectivity index (χ4v) is 2.78. The molecule has 110 valence electrons. The number of para-hydroxylation sites is 1. The Hall–Kier alpha value is -1.12. The number of ether oxygens (including phenoxy) is 1. The van der Waals surface area contributed by atoms with Crippen LogP contribution in [0, 0.1) is 0 Å². The lowest BCUT2D eigenvalue weighted by atomic mass is 9.98. The number of rotatable bonds is 6. The number of hydrogen-bond acceptors (Lipinski definition) is 4. The standard InChI is InChI=1S/C15H22NO3P/c1-12(15(17)18-13-8-4-2-5-9-13)16-20-19-14-10-6-3-7-11-14/h3,6-7,10-13,16,20H,2,4-5,8-9H2,1H3. The van der Waals surface area contributed by atoms with Crippen molar-refractivity contribution in [2.45, 2.75) is 51.2 Å². The summed E-state index contributed by atoms with van der Waals surface area (Å²) in [4.78, 5) is 11.9. The topological polar surface area (TPSA) is 47.6 Å². The first-order valence-electron chi connectivity index (χ1n) is 7.18. The largest absolute Gasteiger partial charge is 0.461 e. The van der Waals surface area contributed by atoms with Crippen molar-refractivity contribution in [1.82, 2.24) is 5.09 Å². The van der Waals surface area contributed by atoms with Crippen molar-refractivity contribution in [3.63, 3.8) is 0 Å². The van der Waals surface area contributed by atoms with Crippen LogP contribution in [0.3, 0.4) is 0 Å². The molecule has 0 aliphatic heterocycles. The average molecular weight is 295 g/mol. The molecule has 0 bridgehead atoms. The van der Waals surface area contributed by atoms with Crippen LogP contribution in [-0.4, -0.2) is 18.1 Å². The molecule has 1 saturated carbocycles. The van der Waals surface area contributed by atoms with Crippen molar-refractivity contribution in [2.75, 3.05) is 0 Å². The van der Waals surface area contributed by atoms with Crippen LogP contribution in [0.25, 0.3) is 0 Å². The Balaban J connectivity index is 1.65. The van der Waals surface area contributed by atoms with E-state index >= 15 is 0 Å². The van der Waals surface area contributed by atoms with Gasteiger partial charge < -0.3 is 9.26 Å². The van der Waals surface area contributed by atoms with Crippen molar-refractivity contribution in [3.05, 3.63) is 30.3 Å². The molecule has 1 aliphatic rings. The minimum Gasteiger partial charge on any atom is -0.461 e. The van der Waals surface area contributed by atoms with Gasteiger partial charge in [-0.25, -0.2) is 0 Å². The van der Waals surface area contributed by atoms with Crippen LogP contribution in [0.1, 0.15) is 39.0 Å². The molecular weight excluding hydrogens is 273 g/mol. The van der Waals surface area contributed by atoms with Crippen LogP contribution in [0.15, 0.2) is 30.3 Å². The molecule has 0 aromatic heterocycles. The number of benzene rings is 1. The van der Waals surface area contributed by atoms with E-state index < -0.39 is 0 Å². The molecule has 1 fully saturated rings. The lowest BCUT2D eigenvalue weighted by Gasteiger charge is -2.23. The van der Waals surface area contributed by atoms with E-state index in [4.69, 9.17) is 9.26 Å². The summed E-state index contributed by atoms with van der Waals surface area (Å²) >= 11 is 0. The SMILES string of the molecule is CC(NPOc1ccccc1)C(=O)OC1CCCCC1. The van der Waals surface area contributed by atoms with E-state index in [1.165, 1.54) is 19.3 Å². The Labute approximate surface area is 122 Å². The van der Waals surface area contributed by atoms with Gasteiger partial charge >= 0.3 is 5.97 Å².